The van der Waals surface area contributed by atoms with Crippen LogP contribution in [-0.4, -0.2) is 17.6 Å². The van der Waals surface area contributed by atoms with Gasteiger partial charge in [0.05, 0.1) is 12.8 Å². The third kappa shape index (κ3) is 4.78. The predicted octanol–water partition coefficient (Wildman–Crippen LogP) is 4.01. The van der Waals surface area contributed by atoms with Crippen LogP contribution in [0.25, 0.3) is 0 Å². The lowest BCUT2D eigenvalue weighted by Gasteiger charge is -2.33. The highest BCUT2D eigenvalue weighted by Crippen LogP contribution is 2.28. The van der Waals surface area contributed by atoms with Crippen LogP contribution in [-0.2, 0) is 6.54 Å². The first-order chi connectivity index (χ1) is 9.06. The van der Waals surface area contributed by atoms with Crippen LogP contribution < -0.4 is 10.1 Å². The Morgan fingerprint density at radius 1 is 1.15 bits per heavy atom. The SMILES string of the molecule is COc1c(C)cnc(CNC(C)(C)CC(C)(C)C)c1C. The van der Waals surface area contributed by atoms with E-state index in [1.54, 1.807) is 7.11 Å². The molecule has 0 saturated heterocycles. The van der Waals surface area contributed by atoms with Gasteiger partial charge in [0.1, 0.15) is 5.75 Å². The summed E-state index contributed by atoms with van der Waals surface area (Å²) < 4.78 is 5.46. The maximum absolute atomic E-state index is 5.46. The number of hydrogen-bond acceptors (Lipinski definition) is 3. The van der Waals surface area contributed by atoms with Crippen molar-refractivity contribution in [3.05, 3.63) is 23.0 Å². The molecule has 0 radical (unpaired) electrons. The summed E-state index contributed by atoms with van der Waals surface area (Å²) in [6.07, 6.45) is 3.00. The van der Waals surface area contributed by atoms with Gasteiger partial charge in [0.15, 0.2) is 0 Å². The maximum atomic E-state index is 5.46. The summed E-state index contributed by atoms with van der Waals surface area (Å²) in [5, 5.41) is 3.63. The standard InChI is InChI=1S/C17H30N2O/c1-12-9-18-14(13(2)15(12)20-8)10-19-17(6,7)11-16(3,4)5/h9,19H,10-11H2,1-8H3. The molecule has 0 aliphatic heterocycles. The van der Waals surface area contributed by atoms with Gasteiger partial charge in [0.2, 0.25) is 0 Å². The Morgan fingerprint density at radius 2 is 1.75 bits per heavy atom. The Labute approximate surface area is 124 Å². The zero-order valence-electron chi connectivity index (χ0n) is 14.3. The predicted molar refractivity (Wildman–Crippen MR) is 85.3 cm³/mol. The highest BCUT2D eigenvalue weighted by atomic mass is 16.5. The van der Waals surface area contributed by atoms with Gasteiger partial charge in [-0.2, -0.15) is 0 Å². The van der Waals surface area contributed by atoms with Crippen LogP contribution in [0.3, 0.4) is 0 Å². The third-order valence-electron chi connectivity index (χ3n) is 3.46. The second-order valence-electron chi connectivity index (χ2n) is 7.52. The molecule has 1 aromatic heterocycles. The van der Waals surface area contributed by atoms with Crippen molar-refractivity contribution in [2.24, 2.45) is 5.41 Å². The number of ether oxygens (including phenoxy) is 1. The fraction of sp³-hybridized carbons (Fsp3) is 0.706. The summed E-state index contributed by atoms with van der Waals surface area (Å²) in [5.41, 5.74) is 3.68. The Morgan fingerprint density at radius 3 is 2.25 bits per heavy atom. The Bertz CT molecular complexity index is 459. The third-order valence-corrected chi connectivity index (χ3v) is 3.46. The molecule has 0 unspecified atom stereocenters. The van der Waals surface area contributed by atoms with E-state index in [4.69, 9.17) is 4.74 Å². The van der Waals surface area contributed by atoms with Crippen molar-refractivity contribution in [2.45, 2.75) is 67.0 Å². The molecule has 1 aromatic rings. The lowest BCUT2D eigenvalue weighted by molar-refractivity contribution is 0.240. The lowest BCUT2D eigenvalue weighted by Crippen LogP contribution is -2.42. The fourth-order valence-corrected chi connectivity index (χ4v) is 2.96. The van der Waals surface area contributed by atoms with Crippen molar-refractivity contribution >= 4 is 0 Å². The Hall–Kier alpha value is -1.09. The highest BCUT2D eigenvalue weighted by Gasteiger charge is 2.25. The number of pyridine rings is 1. The first-order valence-electron chi connectivity index (χ1n) is 7.30. The van der Waals surface area contributed by atoms with Gasteiger partial charge < -0.3 is 10.1 Å². The number of nitrogens with zero attached hydrogens (tertiary/aromatic N) is 1. The molecule has 1 rings (SSSR count). The molecule has 0 aromatic carbocycles. The van der Waals surface area contributed by atoms with E-state index in [1.807, 2.05) is 13.1 Å². The molecule has 114 valence electrons. The number of aryl methyl sites for hydroxylation is 1. The smallest absolute Gasteiger partial charge is 0.128 e. The van der Waals surface area contributed by atoms with Crippen LogP contribution in [0.5, 0.6) is 5.75 Å². The van der Waals surface area contributed by atoms with Gasteiger partial charge in [-0.25, -0.2) is 0 Å². The van der Waals surface area contributed by atoms with Crippen LogP contribution in [0.15, 0.2) is 6.20 Å². The van der Waals surface area contributed by atoms with Crippen LogP contribution in [0.2, 0.25) is 0 Å². The topological polar surface area (TPSA) is 34.1 Å². The molecule has 3 heteroatoms. The minimum Gasteiger partial charge on any atom is -0.496 e. The van der Waals surface area contributed by atoms with Gasteiger partial charge in [-0.15, -0.1) is 0 Å². The van der Waals surface area contributed by atoms with Crippen molar-refractivity contribution in [2.75, 3.05) is 7.11 Å². The minimum absolute atomic E-state index is 0.0878. The molecule has 0 amide bonds. The monoisotopic (exact) mass is 278 g/mol. The van der Waals surface area contributed by atoms with E-state index in [0.717, 1.165) is 35.5 Å². The minimum atomic E-state index is 0.0878. The second-order valence-corrected chi connectivity index (χ2v) is 7.52. The van der Waals surface area contributed by atoms with Gasteiger partial charge in [0, 0.05) is 29.4 Å². The fourth-order valence-electron chi connectivity index (χ4n) is 2.96. The van der Waals surface area contributed by atoms with Crippen molar-refractivity contribution in [3.63, 3.8) is 0 Å². The van der Waals surface area contributed by atoms with Gasteiger partial charge in [-0.1, -0.05) is 20.8 Å². The van der Waals surface area contributed by atoms with Gasteiger partial charge in [-0.3, -0.25) is 4.98 Å². The van der Waals surface area contributed by atoms with Crippen molar-refractivity contribution in [3.8, 4) is 5.75 Å². The van der Waals surface area contributed by atoms with E-state index >= 15 is 0 Å². The molecular weight excluding hydrogens is 248 g/mol. The molecule has 0 atom stereocenters. The molecule has 0 saturated carbocycles. The average molecular weight is 278 g/mol. The molecule has 0 bridgehead atoms. The van der Waals surface area contributed by atoms with Crippen molar-refractivity contribution in [1.82, 2.24) is 10.3 Å². The van der Waals surface area contributed by atoms with Crippen LogP contribution in [0.4, 0.5) is 0 Å². The summed E-state index contributed by atoms with van der Waals surface area (Å²) in [7, 11) is 1.72. The number of nitrogens with one attached hydrogen (secondary N) is 1. The quantitative estimate of drug-likeness (QED) is 0.883. The van der Waals surface area contributed by atoms with E-state index in [1.165, 1.54) is 0 Å². The molecule has 0 aliphatic carbocycles. The van der Waals surface area contributed by atoms with Gasteiger partial charge in [0.25, 0.3) is 0 Å². The number of methoxy groups -OCH3 is 1. The maximum Gasteiger partial charge on any atom is 0.128 e. The molecule has 0 spiro atoms. The number of aromatic nitrogens is 1. The molecule has 0 fully saturated rings. The van der Waals surface area contributed by atoms with E-state index in [-0.39, 0.29) is 5.54 Å². The summed E-state index contributed by atoms with van der Waals surface area (Å²) in [5.74, 6) is 0.949. The van der Waals surface area contributed by atoms with Crippen LogP contribution in [0.1, 0.15) is 57.9 Å². The molecule has 1 N–H and O–H groups in total. The molecule has 3 nitrogen and oxygen atoms in total. The van der Waals surface area contributed by atoms with Gasteiger partial charge >= 0.3 is 0 Å². The normalized spacial score (nSPS) is 12.6. The number of hydrogen-bond donors (Lipinski definition) is 1. The molecule has 20 heavy (non-hydrogen) atoms. The second kappa shape index (κ2) is 6.13. The molecule has 0 aliphatic rings. The van der Waals surface area contributed by atoms with E-state index in [2.05, 4.69) is 51.8 Å². The zero-order valence-corrected chi connectivity index (χ0v) is 14.3. The summed E-state index contributed by atoms with van der Waals surface area (Å²) >= 11 is 0. The van der Waals surface area contributed by atoms with E-state index in [9.17, 15) is 0 Å². The van der Waals surface area contributed by atoms with Crippen molar-refractivity contribution < 1.29 is 4.74 Å². The van der Waals surface area contributed by atoms with Crippen molar-refractivity contribution in [1.29, 1.82) is 0 Å². The molecule has 1 heterocycles. The zero-order chi connectivity index (χ0) is 15.6. The Kier molecular flexibility index (Phi) is 5.20. The van der Waals surface area contributed by atoms with E-state index in [0.29, 0.717) is 5.41 Å². The lowest BCUT2D eigenvalue weighted by atomic mass is 9.82. The number of rotatable bonds is 5. The first kappa shape index (κ1) is 17.0. The Balaban J connectivity index is 2.80. The van der Waals surface area contributed by atoms with Gasteiger partial charge in [-0.05, 0) is 39.5 Å². The van der Waals surface area contributed by atoms with Crippen LogP contribution >= 0.6 is 0 Å². The first-order valence-corrected chi connectivity index (χ1v) is 7.30. The highest BCUT2D eigenvalue weighted by molar-refractivity contribution is 5.41. The summed E-state index contributed by atoms with van der Waals surface area (Å²) in [6.45, 7) is 16.2. The van der Waals surface area contributed by atoms with Crippen LogP contribution in [0, 0.1) is 19.3 Å². The summed E-state index contributed by atoms with van der Waals surface area (Å²) in [6, 6.07) is 0. The largest absolute Gasteiger partial charge is 0.496 e. The van der Waals surface area contributed by atoms with E-state index < -0.39 is 0 Å². The summed E-state index contributed by atoms with van der Waals surface area (Å²) in [4.78, 5) is 4.54. The molecular formula is C17H30N2O. The average Bonchev–Trinajstić information content (AvgIpc) is 2.25.